The number of halogens is 2. The standard InChI is InChI=1S/C33H26Cl2N2O6/c1-2-39-30-14-20(9-13-28(30)41-18-21-8-10-22(34)15-27(21)35)32-25-12-11-24(16-29(25)43-33(37)26(32)17-36)42-31(38)19-40-23-6-4-3-5-7-23/h3-16,32H,2,18-19,37H2,1H3. The molecule has 0 spiro atoms. The summed E-state index contributed by atoms with van der Waals surface area (Å²) < 4.78 is 28.6. The second kappa shape index (κ2) is 13.4. The van der Waals surface area contributed by atoms with E-state index in [-0.39, 0.29) is 30.4 Å². The maximum atomic E-state index is 12.4. The maximum Gasteiger partial charge on any atom is 0.349 e. The Hall–Kier alpha value is -4.84. The van der Waals surface area contributed by atoms with Crippen molar-refractivity contribution in [3.05, 3.63) is 123 Å². The number of esters is 1. The summed E-state index contributed by atoms with van der Waals surface area (Å²) in [5, 5.41) is 11.0. The topological polar surface area (TPSA) is 113 Å². The average molecular weight is 617 g/mol. The molecule has 8 nitrogen and oxygen atoms in total. The highest BCUT2D eigenvalue weighted by atomic mass is 35.5. The van der Waals surface area contributed by atoms with E-state index in [1.807, 2.05) is 25.1 Å². The first-order valence-electron chi connectivity index (χ1n) is 13.3. The molecule has 10 heteroatoms. The van der Waals surface area contributed by atoms with Crippen molar-refractivity contribution in [2.45, 2.75) is 19.4 Å². The summed E-state index contributed by atoms with van der Waals surface area (Å²) in [6, 6.07) is 26.6. The molecule has 1 heterocycles. The second-order valence-corrected chi connectivity index (χ2v) is 10.2. The van der Waals surface area contributed by atoms with Crippen molar-refractivity contribution in [2.24, 2.45) is 5.73 Å². The van der Waals surface area contributed by atoms with E-state index in [1.165, 1.54) is 0 Å². The number of allylic oxidation sites excluding steroid dienone is 1. The summed E-state index contributed by atoms with van der Waals surface area (Å²) in [7, 11) is 0. The van der Waals surface area contributed by atoms with Crippen molar-refractivity contribution >= 4 is 29.2 Å². The van der Waals surface area contributed by atoms with Gasteiger partial charge in [-0.1, -0.05) is 59.6 Å². The molecule has 5 rings (SSSR count). The molecule has 0 radical (unpaired) electrons. The molecule has 218 valence electrons. The van der Waals surface area contributed by atoms with Crippen molar-refractivity contribution in [3.8, 4) is 34.8 Å². The second-order valence-electron chi connectivity index (χ2n) is 9.36. The molecule has 2 N–H and O–H groups in total. The first kappa shape index (κ1) is 29.6. The Morgan fingerprint density at radius 3 is 2.49 bits per heavy atom. The van der Waals surface area contributed by atoms with Crippen LogP contribution in [-0.4, -0.2) is 19.2 Å². The largest absolute Gasteiger partial charge is 0.490 e. The van der Waals surface area contributed by atoms with E-state index in [1.54, 1.807) is 66.7 Å². The van der Waals surface area contributed by atoms with Crippen LogP contribution in [0.4, 0.5) is 0 Å². The number of hydrogen-bond acceptors (Lipinski definition) is 8. The Kier molecular flexibility index (Phi) is 9.26. The molecule has 0 fully saturated rings. The van der Waals surface area contributed by atoms with Crippen LogP contribution >= 0.6 is 23.2 Å². The number of fused-ring (bicyclic) bond motifs is 1. The first-order chi connectivity index (χ1) is 20.9. The molecule has 4 aromatic carbocycles. The molecular weight excluding hydrogens is 591 g/mol. The van der Waals surface area contributed by atoms with E-state index in [9.17, 15) is 10.1 Å². The van der Waals surface area contributed by atoms with Gasteiger partial charge in [-0.3, -0.25) is 0 Å². The highest BCUT2D eigenvalue weighted by molar-refractivity contribution is 6.35. The zero-order chi connectivity index (χ0) is 30.3. The smallest absolute Gasteiger partial charge is 0.349 e. The Morgan fingerprint density at radius 1 is 0.930 bits per heavy atom. The fourth-order valence-electron chi connectivity index (χ4n) is 4.55. The fraction of sp³-hybridized carbons (Fsp3) is 0.152. The van der Waals surface area contributed by atoms with E-state index in [0.29, 0.717) is 45.2 Å². The molecule has 1 atom stereocenters. The lowest BCUT2D eigenvalue weighted by atomic mass is 9.83. The molecule has 0 bridgehead atoms. The summed E-state index contributed by atoms with van der Waals surface area (Å²) >= 11 is 12.3. The number of benzene rings is 4. The van der Waals surface area contributed by atoms with Crippen molar-refractivity contribution in [1.29, 1.82) is 5.26 Å². The Balaban J connectivity index is 1.38. The van der Waals surface area contributed by atoms with Crippen molar-refractivity contribution in [3.63, 3.8) is 0 Å². The third kappa shape index (κ3) is 6.97. The number of nitrogens with zero attached hydrogens (tertiary/aromatic N) is 1. The molecule has 0 saturated heterocycles. The Morgan fingerprint density at radius 2 is 1.74 bits per heavy atom. The molecule has 0 aromatic heterocycles. The van der Waals surface area contributed by atoms with Gasteiger partial charge in [-0.25, -0.2) is 4.79 Å². The third-order valence-electron chi connectivity index (χ3n) is 6.52. The van der Waals surface area contributed by atoms with Gasteiger partial charge in [-0.15, -0.1) is 0 Å². The van der Waals surface area contributed by atoms with Gasteiger partial charge in [0.15, 0.2) is 18.1 Å². The Labute approximate surface area is 258 Å². The third-order valence-corrected chi connectivity index (χ3v) is 7.11. The molecule has 43 heavy (non-hydrogen) atoms. The first-order valence-corrected chi connectivity index (χ1v) is 14.1. The minimum Gasteiger partial charge on any atom is -0.490 e. The van der Waals surface area contributed by atoms with Crippen LogP contribution in [0.25, 0.3) is 0 Å². The molecule has 1 aliphatic heterocycles. The van der Waals surface area contributed by atoms with Gasteiger partial charge >= 0.3 is 5.97 Å². The minimum atomic E-state index is -0.589. The summed E-state index contributed by atoms with van der Waals surface area (Å²) in [6.45, 7) is 2.17. The highest BCUT2D eigenvalue weighted by Gasteiger charge is 2.32. The number of para-hydroxylation sites is 1. The molecule has 4 aromatic rings. The zero-order valence-corrected chi connectivity index (χ0v) is 24.5. The van der Waals surface area contributed by atoms with Gasteiger partial charge in [-0.2, -0.15) is 5.26 Å². The molecular formula is C33H26Cl2N2O6. The van der Waals surface area contributed by atoms with Crippen LogP contribution in [0.3, 0.4) is 0 Å². The average Bonchev–Trinajstić information content (AvgIpc) is 3.00. The van der Waals surface area contributed by atoms with Crippen LogP contribution in [0.1, 0.15) is 29.5 Å². The number of rotatable bonds is 10. The number of hydrogen-bond donors (Lipinski definition) is 1. The van der Waals surface area contributed by atoms with Crippen molar-refractivity contribution < 1.29 is 28.5 Å². The van der Waals surface area contributed by atoms with Crippen LogP contribution < -0.4 is 29.4 Å². The van der Waals surface area contributed by atoms with Crippen LogP contribution in [0.5, 0.6) is 28.7 Å². The van der Waals surface area contributed by atoms with Crippen LogP contribution in [0, 0.1) is 11.3 Å². The van der Waals surface area contributed by atoms with Gasteiger partial charge in [0.1, 0.15) is 35.5 Å². The molecule has 0 saturated carbocycles. The predicted octanol–water partition coefficient (Wildman–Crippen LogP) is 7.17. The summed E-state index contributed by atoms with van der Waals surface area (Å²) in [5.74, 6) is 0.921. The lowest BCUT2D eigenvalue weighted by molar-refractivity contribution is -0.136. The number of ether oxygens (including phenoxy) is 5. The van der Waals surface area contributed by atoms with E-state index in [2.05, 4.69) is 6.07 Å². The summed E-state index contributed by atoms with van der Waals surface area (Å²) in [5.41, 5.74) is 8.58. The number of nitriles is 1. The number of carbonyl (C=O) groups excluding carboxylic acids is 1. The molecule has 1 aliphatic rings. The van der Waals surface area contributed by atoms with E-state index in [0.717, 1.165) is 11.1 Å². The van der Waals surface area contributed by atoms with E-state index < -0.39 is 11.9 Å². The molecule has 1 unspecified atom stereocenters. The normalized spacial score (nSPS) is 13.8. The lowest BCUT2D eigenvalue weighted by Crippen LogP contribution is -2.22. The van der Waals surface area contributed by atoms with Crippen molar-refractivity contribution in [2.75, 3.05) is 13.2 Å². The van der Waals surface area contributed by atoms with Gasteiger partial charge in [0.2, 0.25) is 5.88 Å². The van der Waals surface area contributed by atoms with Crippen molar-refractivity contribution in [1.82, 2.24) is 0 Å². The van der Waals surface area contributed by atoms with Crippen LogP contribution in [0.15, 0.2) is 96.4 Å². The summed E-state index contributed by atoms with van der Waals surface area (Å²) in [6.07, 6.45) is 0. The number of nitrogens with two attached hydrogens (primary N) is 1. The van der Waals surface area contributed by atoms with Gasteiger partial charge < -0.3 is 29.4 Å². The van der Waals surface area contributed by atoms with Gasteiger partial charge in [0.25, 0.3) is 0 Å². The lowest BCUT2D eigenvalue weighted by Gasteiger charge is -2.27. The van der Waals surface area contributed by atoms with Gasteiger partial charge in [-0.05, 0) is 55.0 Å². The van der Waals surface area contributed by atoms with Crippen LogP contribution in [0.2, 0.25) is 10.0 Å². The zero-order valence-electron chi connectivity index (χ0n) is 23.0. The highest BCUT2D eigenvalue weighted by Crippen LogP contribution is 2.45. The molecule has 0 aliphatic carbocycles. The monoisotopic (exact) mass is 616 g/mol. The summed E-state index contributed by atoms with van der Waals surface area (Å²) in [4.78, 5) is 12.4. The predicted molar refractivity (Wildman–Crippen MR) is 162 cm³/mol. The number of carbonyl (C=O) groups is 1. The van der Waals surface area contributed by atoms with Gasteiger partial charge in [0, 0.05) is 27.2 Å². The Bertz CT molecular complexity index is 1720. The minimum absolute atomic E-state index is 0.0495. The van der Waals surface area contributed by atoms with Crippen LogP contribution in [-0.2, 0) is 11.4 Å². The SMILES string of the molecule is CCOc1cc(C2C(C#N)=C(N)Oc3cc(OC(=O)COc4ccccc4)ccc32)ccc1OCc1ccc(Cl)cc1Cl. The fourth-order valence-corrected chi connectivity index (χ4v) is 5.01. The van der Waals surface area contributed by atoms with Gasteiger partial charge in [0.05, 0.1) is 12.5 Å². The van der Waals surface area contributed by atoms with E-state index in [4.69, 9.17) is 52.6 Å². The maximum absolute atomic E-state index is 12.4. The quantitative estimate of drug-likeness (QED) is 0.147. The molecule has 0 amide bonds. The van der Waals surface area contributed by atoms with E-state index >= 15 is 0 Å².